The molecule has 114 valence electrons. The highest BCUT2D eigenvalue weighted by Crippen LogP contribution is 2.35. The Labute approximate surface area is 137 Å². The van der Waals surface area contributed by atoms with Gasteiger partial charge in [-0.25, -0.2) is 9.97 Å². The zero-order valence-electron chi connectivity index (χ0n) is 12.5. The van der Waals surface area contributed by atoms with E-state index in [0.717, 1.165) is 16.7 Å². The zero-order valence-corrected chi connectivity index (χ0v) is 12.5. The Bertz CT molecular complexity index is 886. The Hall–Kier alpha value is -3.61. The van der Waals surface area contributed by atoms with Crippen LogP contribution in [0.25, 0.3) is 33.9 Å². The summed E-state index contributed by atoms with van der Waals surface area (Å²) in [5, 5.41) is 8.14. The Morgan fingerprint density at radius 2 is 1.46 bits per heavy atom. The van der Waals surface area contributed by atoms with Crippen LogP contribution in [0.2, 0.25) is 0 Å². The SMILES string of the molecule is c1cnc(-c2c(-c3cnccn3)cncc2-c2cccnn2)nc1. The van der Waals surface area contributed by atoms with E-state index in [9.17, 15) is 0 Å². The van der Waals surface area contributed by atoms with Crippen molar-refractivity contribution in [3.05, 3.63) is 67.8 Å². The molecule has 7 heteroatoms. The molecular weight excluding hydrogens is 302 g/mol. The predicted octanol–water partition coefficient (Wildman–Crippen LogP) is 2.45. The predicted molar refractivity (Wildman–Crippen MR) is 87.3 cm³/mol. The molecule has 0 aromatic carbocycles. The van der Waals surface area contributed by atoms with Crippen molar-refractivity contribution >= 4 is 0 Å². The average Bonchev–Trinajstić information content (AvgIpc) is 2.69. The molecule has 0 aliphatic heterocycles. The standard InChI is InChI=1S/C17H11N7/c1-3-14(24-23-6-1)12-9-19-10-13(15-11-18-7-8-20-15)16(12)17-21-4-2-5-22-17/h1-11H. The number of rotatable bonds is 3. The van der Waals surface area contributed by atoms with Crippen LogP contribution in [0.4, 0.5) is 0 Å². The van der Waals surface area contributed by atoms with Crippen LogP contribution in [-0.4, -0.2) is 35.1 Å². The van der Waals surface area contributed by atoms with Gasteiger partial charge in [0.2, 0.25) is 0 Å². The number of nitrogens with zero attached hydrogens (tertiary/aromatic N) is 7. The fraction of sp³-hybridized carbons (Fsp3) is 0. The summed E-state index contributed by atoms with van der Waals surface area (Å²) in [5.74, 6) is 0.571. The van der Waals surface area contributed by atoms with E-state index in [4.69, 9.17) is 0 Å². The van der Waals surface area contributed by atoms with Gasteiger partial charge in [-0.1, -0.05) is 0 Å². The third-order valence-corrected chi connectivity index (χ3v) is 3.42. The van der Waals surface area contributed by atoms with Crippen molar-refractivity contribution in [2.75, 3.05) is 0 Å². The first-order valence-electron chi connectivity index (χ1n) is 7.23. The number of pyridine rings is 1. The number of hydrogen-bond donors (Lipinski definition) is 0. The first-order chi connectivity index (χ1) is 11.9. The molecule has 0 aliphatic carbocycles. The highest BCUT2D eigenvalue weighted by Gasteiger charge is 2.18. The fourth-order valence-electron chi connectivity index (χ4n) is 2.40. The zero-order chi connectivity index (χ0) is 16.2. The molecule has 0 fully saturated rings. The molecule has 0 saturated carbocycles. The number of hydrogen-bond acceptors (Lipinski definition) is 7. The van der Waals surface area contributed by atoms with E-state index in [0.29, 0.717) is 17.2 Å². The molecule has 0 aliphatic rings. The van der Waals surface area contributed by atoms with Crippen LogP contribution < -0.4 is 0 Å². The van der Waals surface area contributed by atoms with Gasteiger partial charge in [0.25, 0.3) is 0 Å². The number of aromatic nitrogens is 7. The average molecular weight is 313 g/mol. The second kappa shape index (κ2) is 6.25. The molecule has 0 radical (unpaired) electrons. The Kier molecular flexibility index (Phi) is 3.65. The van der Waals surface area contributed by atoms with Crippen molar-refractivity contribution in [2.45, 2.75) is 0 Å². The first kappa shape index (κ1) is 14.0. The van der Waals surface area contributed by atoms with Crippen molar-refractivity contribution in [2.24, 2.45) is 0 Å². The third kappa shape index (κ3) is 2.58. The molecule has 0 amide bonds. The molecule has 0 atom stereocenters. The van der Waals surface area contributed by atoms with E-state index in [2.05, 4.69) is 35.1 Å². The van der Waals surface area contributed by atoms with Crippen molar-refractivity contribution in [3.63, 3.8) is 0 Å². The summed E-state index contributed by atoms with van der Waals surface area (Å²) in [5.41, 5.74) is 3.76. The van der Waals surface area contributed by atoms with Gasteiger partial charge in [0, 0.05) is 60.1 Å². The van der Waals surface area contributed by atoms with Crippen molar-refractivity contribution < 1.29 is 0 Å². The summed E-state index contributed by atoms with van der Waals surface area (Å²) in [6, 6.07) is 5.47. The lowest BCUT2D eigenvalue weighted by Crippen LogP contribution is -1.98. The second-order valence-electron chi connectivity index (χ2n) is 4.88. The molecule has 4 heterocycles. The fourth-order valence-corrected chi connectivity index (χ4v) is 2.40. The van der Waals surface area contributed by atoms with E-state index >= 15 is 0 Å². The molecule has 4 rings (SSSR count). The maximum absolute atomic E-state index is 4.39. The topological polar surface area (TPSA) is 90.2 Å². The molecule has 7 nitrogen and oxygen atoms in total. The van der Waals surface area contributed by atoms with Gasteiger partial charge in [0.05, 0.1) is 17.6 Å². The van der Waals surface area contributed by atoms with Crippen molar-refractivity contribution in [1.82, 2.24) is 35.1 Å². The van der Waals surface area contributed by atoms with Gasteiger partial charge in [-0.15, -0.1) is 0 Å². The Morgan fingerprint density at radius 3 is 2.17 bits per heavy atom. The van der Waals surface area contributed by atoms with Gasteiger partial charge in [-0.2, -0.15) is 10.2 Å². The molecule has 0 saturated heterocycles. The maximum atomic E-state index is 4.39. The molecule has 0 spiro atoms. The Morgan fingerprint density at radius 1 is 0.625 bits per heavy atom. The molecule has 4 aromatic rings. The minimum absolute atomic E-state index is 0.571. The molecule has 24 heavy (non-hydrogen) atoms. The minimum Gasteiger partial charge on any atom is -0.263 e. The minimum atomic E-state index is 0.571. The van der Waals surface area contributed by atoms with Crippen molar-refractivity contribution in [3.8, 4) is 33.9 Å². The van der Waals surface area contributed by atoms with Gasteiger partial charge in [0.1, 0.15) is 0 Å². The summed E-state index contributed by atoms with van der Waals surface area (Å²) < 4.78 is 0. The van der Waals surface area contributed by atoms with Gasteiger partial charge in [-0.05, 0) is 18.2 Å². The van der Waals surface area contributed by atoms with E-state index in [-0.39, 0.29) is 0 Å². The quantitative estimate of drug-likeness (QED) is 0.573. The molecule has 0 unspecified atom stereocenters. The highest BCUT2D eigenvalue weighted by atomic mass is 15.1. The van der Waals surface area contributed by atoms with E-state index in [1.165, 1.54) is 0 Å². The molecule has 4 aromatic heterocycles. The summed E-state index contributed by atoms with van der Waals surface area (Å²) in [4.78, 5) is 21.6. The van der Waals surface area contributed by atoms with Crippen LogP contribution in [0, 0.1) is 0 Å². The van der Waals surface area contributed by atoms with Crippen LogP contribution in [0.15, 0.2) is 67.8 Å². The van der Waals surface area contributed by atoms with E-state index in [1.807, 2.05) is 12.1 Å². The van der Waals surface area contributed by atoms with Gasteiger partial charge >= 0.3 is 0 Å². The largest absolute Gasteiger partial charge is 0.263 e. The normalized spacial score (nSPS) is 10.5. The van der Waals surface area contributed by atoms with Gasteiger partial charge in [-0.3, -0.25) is 15.0 Å². The second-order valence-corrected chi connectivity index (χ2v) is 4.88. The van der Waals surface area contributed by atoms with Gasteiger partial charge < -0.3 is 0 Å². The molecular formula is C17H11N7. The maximum Gasteiger partial charge on any atom is 0.160 e. The highest BCUT2D eigenvalue weighted by molar-refractivity contribution is 5.89. The summed E-state index contributed by atoms with van der Waals surface area (Å²) in [7, 11) is 0. The van der Waals surface area contributed by atoms with Gasteiger partial charge in [0.15, 0.2) is 5.82 Å². The van der Waals surface area contributed by atoms with Crippen LogP contribution in [-0.2, 0) is 0 Å². The third-order valence-electron chi connectivity index (χ3n) is 3.42. The van der Waals surface area contributed by atoms with E-state index < -0.39 is 0 Å². The lowest BCUT2D eigenvalue weighted by Gasteiger charge is -2.12. The smallest absolute Gasteiger partial charge is 0.160 e. The lowest BCUT2D eigenvalue weighted by molar-refractivity contribution is 1.03. The first-order valence-corrected chi connectivity index (χ1v) is 7.23. The monoisotopic (exact) mass is 313 g/mol. The van der Waals surface area contributed by atoms with Crippen molar-refractivity contribution in [1.29, 1.82) is 0 Å². The van der Waals surface area contributed by atoms with E-state index in [1.54, 1.807) is 55.6 Å². The lowest BCUT2D eigenvalue weighted by atomic mass is 9.99. The summed E-state index contributed by atoms with van der Waals surface area (Å²) >= 11 is 0. The molecule has 0 bridgehead atoms. The van der Waals surface area contributed by atoms with Crippen LogP contribution >= 0.6 is 0 Å². The summed E-state index contributed by atoms with van der Waals surface area (Å²) in [6.45, 7) is 0. The Balaban J connectivity index is 2.02. The molecule has 0 N–H and O–H groups in total. The summed E-state index contributed by atoms with van der Waals surface area (Å²) in [6.07, 6.45) is 13.4. The van der Waals surface area contributed by atoms with Crippen LogP contribution in [0.3, 0.4) is 0 Å². The van der Waals surface area contributed by atoms with Crippen LogP contribution in [0.1, 0.15) is 0 Å². The van der Waals surface area contributed by atoms with Crippen LogP contribution in [0.5, 0.6) is 0 Å².